The molecule has 0 spiro atoms. The van der Waals surface area contributed by atoms with E-state index in [2.05, 4.69) is 17.3 Å². The van der Waals surface area contributed by atoms with Crippen LogP contribution in [0.4, 0.5) is 0 Å². The van der Waals surface area contributed by atoms with Gasteiger partial charge in [-0.15, -0.1) is 0 Å². The van der Waals surface area contributed by atoms with Crippen molar-refractivity contribution in [3.05, 3.63) is 0 Å². The lowest BCUT2D eigenvalue weighted by Crippen LogP contribution is -2.43. The third kappa shape index (κ3) is 4.07. The fraction of sp³-hybridized carbons (Fsp3) is 1.00. The normalized spacial score (nSPS) is 23.3. The van der Waals surface area contributed by atoms with E-state index in [9.17, 15) is 5.11 Å². The van der Waals surface area contributed by atoms with Crippen LogP contribution in [-0.4, -0.2) is 48.8 Å². The number of aliphatic hydroxyl groups is 1. The molecule has 0 aromatic heterocycles. The predicted molar refractivity (Wildman–Crippen MR) is 54.8 cm³/mol. The van der Waals surface area contributed by atoms with Crippen LogP contribution in [0.1, 0.15) is 26.2 Å². The molecule has 3 nitrogen and oxygen atoms in total. The lowest BCUT2D eigenvalue weighted by Gasteiger charge is -2.30. The van der Waals surface area contributed by atoms with Gasteiger partial charge in [-0.2, -0.15) is 0 Å². The van der Waals surface area contributed by atoms with Gasteiger partial charge in [0.15, 0.2) is 0 Å². The minimum Gasteiger partial charge on any atom is -0.392 e. The Morgan fingerprint density at radius 2 is 2.08 bits per heavy atom. The molecule has 3 heteroatoms. The smallest absolute Gasteiger partial charge is 0.0662 e. The number of aliphatic hydroxyl groups excluding tert-OH is 1. The summed E-state index contributed by atoms with van der Waals surface area (Å²) in [7, 11) is 2.16. The highest BCUT2D eigenvalue weighted by atomic mass is 16.3. The van der Waals surface area contributed by atoms with Crippen LogP contribution in [0.15, 0.2) is 0 Å². The maximum atomic E-state index is 9.37. The topological polar surface area (TPSA) is 35.5 Å². The molecule has 78 valence electrons. The van der Waals surface area contributed by atoms with Crippen LogP contribution in [0.25, 0.3) is 0 Å². The molecule has 0 aromatic rings. The maximum Gasteiger partial charge on any atom is 0.0662 e. The second-order valence-electron chi connectivity index (χ2n) is 4.05. The number of piperidine rings is 1. The molecule has 1 unspecified atom stereocenters. The van der Waals surface area contributed by atoms with Crippen molar-refractivity contribution in [2.24, 2.45) is 0 Å². The van der Waals surface area contributed by atoms with Crippen molar-refractivity contribution in [2.75, 3.05) is 26.7 Å². The molecule has 0 radical (unpaired) electrons. The molecule has 1 saturated heterocycles. The third-order valence-corrected chi connectivity index (χ3v) is 2.83. The Labute approximate surface area is 81.1 Å². The van der Waals surface area contributed by atoms with Crippen LogP contribution >= 0.6 is 0 Å². The standard InChI is InChI=1S/C10H22N2O/c1-3-10(13)8-11-9-4-6-12(2)7-5-9/h9-11,13H,3-8H2,1-2H3. The van der Waals surface area contributed by atoms with Crippen LogP contribution in [0.5, 0.6) is 0 Å². The largest absolute Gasteiger partial charge is 0.392 e. The van der Waals surface area contributed by atoms with Crippen molar-refractivity contribution < 1.29 is 5.11 Å². The summed E-state index contributed by atoms with van der Waals surface area (Å²) in [6.07, 6.45) is 3.11. The highest BCUT2D eigenvalue weighted by Crippen LogP contribution is 2.07. The molecule has 1 aliphatic rings. The molecule has 0 bridgehead atoms. The van der Waals surface area contributed by atoms with Gasteiger partial charge in [0.05, 0.1) is 6.10 Å². The number of rotatable bonds is 4. The molecular weight excluding hydrogens is 164 g/mol. The van der Waals surface area contributed by atoms with E-state index < -0.39 is 0 Å². The lowest BCUT2D eigenvalue weighted by molar-refractivity contribution is 0.152. The van der Waals surface area contributed by atoms with Crippen molar-refractivity contribution in [1.82, 2.24) is 10.2 Å². The minimum atomic E-state index is -0.167. The molecule has 2 N–H and O–H groups in total. The number of hydrogen-bond donors (Lipinski definition) is 2. The molecule has 1 fully saturated rings. The van der Waals surface area contributed by atoms with E-state index >= 15 is 0 Å². The van der Waals surface area contributed by atoms with Gasteiger partial charge in [0.1, 0.15) is 0 Å². The predicted octanol–water partition coefficient (Wildman–Crippen LogP) is 0.441. The number of nitrogens with one attached hydrogen (secondary N) is 1. The summed E-state index contributed by atoms with van der Waals surface area (Å²) < 4.78 is 0. The average Bonchev–Trinajstić information content (AvgIpc) is 2.16. The monoisotopic (exact) mass is 186 g/mol. The Bertz CT molecular complexity index is 133. The van der Waals surface area contributed by atoms with E-state index in [4.69, 9.17) is 0 Å². The molecule has 1 aliphatic heterocycles. The summed E-state index contributed by atoms with van der Waals surface area (Å²) in [5.41, 5.74) is 0. The molecule has 1 heterocycles. The molecule has 1 rings (SSSR count). The summed E-state index contributed by atoms with van der Waals surface area (Å²) in [6, 6.07) is 0.623. The summed E-state index contributed by atoms with van der Waals surface area (Å²) in [5, 5.41) is 12.8. The molecule has 0 aromatic carbocycles. The Kier molecular flexibility index (Phi) is 4.70. The Hall–Kier alpha value is -0.120. The fourth-order valence-electron chi connectivity index (χ4n) is 1.66. The SMILES string of the molecule is CCC(O)CNC1CCN(C)CC1. The minimum absolute atomic E-state index is 0.167. The average molecular weight is 186 g/mol. The Balaban J connectivity index is 2.08. The number of nitrogens with zero attached hydrogens (tertiary/aromatic N) is 1. The van der Waals surface area contributed by atoms with Crippen LogP contribution in [0.3, 0.4) is 0 Å². The summed E-state index contributed by atoms with van der Waals surface area (Å²) in [4.78, 5) is 2.36. The second-order valence-corrected chi connectivity index (χ2v) is 4.05. The van der Waals surface area contributed by atoms with E-state index in [1.54, 1.807) is 0 Å². The van der Waals surface area contributed by atoms with Crippen molar-refractivity contribution in [1.29, 1.82) is 0 Å². The first-order chi connectivity index (χ1) is 6.22. The molecule has 1 atom stereocenters. The molecular formula is C10H22N2O. The first kappa shape index (κ1) is 11.0. The van der Waals surface area contributed by atoms with Crippen LogP contribution in [0.2, 0.25) is 0 Å². The van der Waals surface area contributed by atoms with Gasteiger partial charge in [0.2, 0.25) is 0 Å². The van der Waals surface area contributed by atoms with Gasteiger partial charge in [-0.3, -0.25) is 0 Å². The zero-order chi connectivity index (χ0) is 9.68. The molecule has 0 amide bonds. The van der Waals surface area contributed by atoms with Gasteiger partial charge in [0, 0.05) is 12.6 Å². The van der Waals surface area contributed by atoms with Crippen LogP contribution < -0.4 is 5.32 Å². The highest BCUT2D eigenvalue weighted by Gasteiger charge is 2.16. The van der Waals surface area contributed by atoms with E-state index in [1.807, 2.05) is 6.92 Å². The first-order valence-corrected chi connectivity index (χ1v) is 5.32. The van der Waals surface area contributed by atoms with Gasteiger partial charge >= 0.3 is 0 Å². The van der Waals surface area contributed by atoms with Crippen molar-refractivity contribution in [2.45, 2.75) is 38.3 Å². The van der Waals surface area contributed by atoms with Crippen molar-refractivity contribution in [3.8, 4) is 0 Å². The summed E-state index contributed by atoms with van der Waals surface area (Å²) in [5.74, 6) is 0. The quantitative estimate of drug-likeness (QED) is 0.669. The fourth-order valence-corrected chi connectivity index (χ4v) is 1.66. The molecule has 13 heavy (non-hydrogen) atoms. The summed E-state index contributed by atoms with van der Waals surface area (Å²) in [6.45, 7) is 5.13. The Morgan fingerprint density at radius 1 is 1.46 bits per heavy atom. The van der Waals surface area contributed by atoms with E-state index in [-0.39, 0.29) is 6.10 Å². The summed E-state index contributed by atoms with van der Waals surface area (Å²) >= 11 is 0. The van der Waals surface area contributed by atoms with Gasteiger partial charge in [-0.1, -0.05) is 6.92 Å². The Morgan fingerprint density at radius 3 is 2.62 bits per heavy atom. The third-order valence-electron chi connectivity index (χ3n) is 2.83. The zero-order valence-corrected chi connectivity index (χ0v) is 8.79. The van der Waals surface area contributed by atoms with Gasteiger partial charge < -0.3 is 15.3 Å². The maximum absolute atomic E-state index is 9.37. The van der Waals surface area contributed by atoms with Gasteiger partial charge in [-0.25, -0.2) is 0 Å². The lowest BCUT2D eigenvalue weighted by atomic mass is 10.1. The van der Waals surface area contributed by atoms with Crippen molar-refractivity contribution in [3.63, 3.8) is 0 Å². The van der Waals surface area contributed by atoms with Crippen LogP contribution in [-0.2, 0) is 0 Å². The molecule has 0 saturated carbocycles. The second kappa shape index (κ2) is 5.58. The van der Waals surface area contributed by atoms with E-state index in [0.717, 1.165) is 13.0 Å². The van der Waals surface area contributed by atoms with Crippen molar-refractivity contribution >= 4 is 0 Å². The zero-order valence-electron chi connectivity index (χ0n) is 8.79. The van der Waals surface area contributed by atoms with Crippen LogP contribution in [0, 0.1) is 0 Å². The first-order valence-electron chi connectivity index (χ1n) is 5.32. The number of likely N-dealkylation sites (tertiary alicyclic amines) is 1. The van der Waals surface area contributed by atoms with E-state index in [1.165, 1.54) is 25.9 Å². The van der Waals surface area contributed by atoms with E-state index in [0.29, 0.717) is 6.04 Å². The highest BCUT2D eigenvalue weighted by molar-refractivity contribution is 4.76. The van der Waals surface area contributed by atoms with Gasteiger partial charge in [-0.05, 0) is 39.4 Å². The molecule has 0 aliphatic carbocycles. The van der Waals surface area contributed by atoms with Gasteiger partial charge in [0.25, 0.3) is 0 Å². The number of hydrogen-bond acceptors (Lipinski definition) is 3.